The van der Waals surface area contributed by atoms with E-state index in [9.17, 15) is 9.59 Å². The third-order valence-electron chi connectivity index (χ3n) is 5.42. The van der Waals surface area contributed by atoms with E-state index in [1.807, 2.05) is 24.1 Å². The van der Waals surface area contributed by atoms with Gasteiger partial charge >= 0.3 is 0 Å². The molecule has 4 rings (SSSR count). The molecular formula is C17H21N5O2S. The molecule has 2 amide bonds. The minimum atomic E-state index is -0.470. The summed E-state index contributed by atoms with van der Waals surface area (Å²) >= 11 is 1.42. The molecule has 3 heterocycles. The van der Waals surface area contributed by atoms with Crippen molar-refractivity contribution in [2.45, 2.75) is 18.4 Å². The van der Waals surface area contributed by atoms with E-state index in [0.717, 1.165) is 16.8 Å². The van der Waals surface area contributed by atoms with E-state index in [2.05, 4.69) is 15.2 Å². The normalized spacial score (nSPS) is 20.8. The van der Waals surface area contributed by atoms with Gasteiger partial charge in [0.05, 0.1) is 10.2 Å². The summed E-state index contributed by atoms with van der Waals surface area (Å²) in [5, 5.41) is 3.47. The highest BCUT2D eigenvalue weighted by atomic mass is 32.1. The zero-order valence-corrected chi connectivity index (χ0v) is 14.9. The molecule has 1 spiro atoms. The summed E-state index contributed by atoms with van der Waals surface area (Å²) in [5.41, 5.74) is 6.64. The Hall–Kier alpha value is -2.19. The van der Waals surface area contributed by atoms with E-state index in [1.54, 1.807) is 6.07 Å². The van der Waals surface area contributed by atoms with Crippen LogP contribution in [-0.4, -0.2) is 65.4 Å². The predicted octanol–water partition coefficient (Wildman–Crippen LogP) is 0.915. The number of fused-ring (bicyclic) bond motifs is 1. The van der Waals surface area contributed by atoms with Gasteiger partial charge in [0.2, 0.25) is 5.91 Å². The Morgan fingerprint density at radius 1 is 1.32 bits per heavy atom. The van der Waals surface area contributed by atoms with Crippen LogP contribution in [0.5, 0.6) is 0 Å². The number of hydrogen-bond donors (Lipinski definition) is 2. The van der Waals surface area contributed by atoms with Gasteiger partial charge in [-0.3, -0.25) is 14.5 Å². The van der Waals surface area contributed by atoms with Crippen molar-refractivity contribution >= 4 is 38.5 Å². The van der Waals surface area contributed by atoms with E-state index in [-0.39, 0.29) is 11.8 Å². The number of thiazole rings is 1. The Balaban J connectivity index is 1.51. The van der Waals surface area contributed by atoms with Crippen LogP contribution in [0.15, 0.2) is 18.2 Å². The van der Waals surface area contributed by atoms with Crippen LogP contribution < -0.4 is 11.1 Å². The first-order valence-electron chi connectivity index (χ1n) is 8.44. The molecule has 25 heavy (non-hydrogen) atoms. The second-order valence-corrected chi connectivity index (χ2v) is 7.80. The van der Waals surface area contributed by atoms with Gasteiger partial charge in [0.15, 0.2) is 5.13 Å². The molecule has 1 aromatic heterocycles. The molecule has 1 aromatic carbocycles. The van der Waals surface area contributed by atoms with Crippen LogP contribution in [0.1, 0.15) is 23.2 Å². The first-order valence-corrected chi connectivity index (χ1v) is 9.26. The number of nitrogens with one attached hydrogen (secondary N) is 1. The highest BCUT2D eigenvalue weighted by molar-refractivity contribution is 7.22. The Labute approximate surface area is 149 Å². The van der Waals surface area contributed by atoms with E-state index in [0.29, 0.717) is 43.2 Å². The van der Waals surface area contributed by atoms with E-state index < -0.39 is 5.54 Å². The smallest absolute Gasteiger partial charge is 0.253 e. The lowest BCUT2D eigenvalue weighted by Crippen LogP contribution is -2.67. The average molecular weight is 359 g/mol. The van der Waals surface area contributed by atoms with Crippen molar-refractivity contribution in [3.8, 4) is 0 Å². The average Bonchev–Trinajstić information content (AvgIpc) is 2.99. The fourth-order valence-corrected chi connectivity index (χ4v) is 4.55. The predicted molar refractivity (Wildman–Crippen MR) is 97.5 cm³/mol. The number of hydrogen-bond acceptors (Lipinski definition) is 6. The van der Waals surface area contributed by atoms with Crippen molar-refractivity contribution in [1.82, 2.24) is 20.1 Å². The number of likely N-dealkylation sites (N-methyl/N-ethyl adjacent to an activating group) is 1. The molecule has 8 heteroatoms. The molecule has 3 N–H and O–H groups in total. The number of rotatable bonds is 1. The number of carbonyl (C=O) groups is 2. The highest BCUT2D eigenvalue weighted by Gasteiger charge is 2.47. The number of benzene rings is 1. The third kappa shape index (κ3) is 2.65. The number of nitrogens with zero attached hydrogens (tertiary/aromatic N) is 3. The number of anilines is 1. The summed E-state index contributed by atoms with van der Waals surface area (Å²) in [4.78, 5) is 33.5. The zero-order valence-electron chi connectivity index (χ0n) is 14.1. The van der Waals surface area contributed by atoms with Crippen molar-refractivity contribution in [3.05, 3.63) is 23.8 Å². The van der Waals surface area contributed by atoms with Gasteiger partial charge in [0.1, 0.15) is 5.54 Å². The van der Waals surface area contributed by atoms with Gasteiger partial charge in [0.25, 0.3) is 5.91 Å². The molecule has 7 nitrogen and oxygen atoms in total. The topological polar surface area (TPSA) is 91.6 Å². The number of likely N-dealkylation sites (tertiary alicyclic amines) is 1. The van der Waals surface area contributed by atoms with Gasteiger partial charge in [0, 0.05) is 31.7 Å². The SMILES string of the molecule is CN1CCNC(=O)C12CCN(C(=O)c1ccc3sc(N)nc3c1)CC2. The number of carbonyl (C=O) groups excluding carboxylic acids is 2. The fourth-order valence-electron chi connectivity index (χ4n) is 3.84. The molecule has 2 aromatic rings. The lowest BCUT2D eigenvalue weighted by molar-refractivity contribution is -0.139. The first-order chi connectivity index (χ1) is 12.0. The summed E-state index contributed by atoms with van der Waals surface area (Å²) in [7, 11) is 2.00. The Morgan fingerprint density at radius 3 is 2.80 bits per heavy atom. The summed E-state index contributed by atoms with van der Waals surface area (Å²) in [6.07, 6.45) is 1.32. The Morgan fingerprint density at radius 2 is 2.08 bits per heavy atom. The summed E-state index contributed by atoms with van der Waals surface area (Å²) < 4.78 is 0.979. The maximum atomic E-state index is 12.8. The van der Waals surface area contributed by atoms with E-state index in [1.165, 1.54) is 11.3 Å². The lowest BCUT2D eigenvalue weighted by Gasteiger charge is -2.48. The quantitative estimate of drug-likeness (QED) is 0.790. The zero-order chi connectivity index (χ0) is 17.6. The number of nitrogen functional groups attached to an aromatic ring is 1. The van der Waals surface area contributed by atoms with E-state index >= 15 is 0 Å². The fraction of sp³-hybridized carbons (Fsp3) is 0.471. The monoisotopic (exact) mass is 359 g/mol. The second kappa shape index (κ2) is 5.96. The van der Waals surface area contributed by atoms with Crippen LogP contribution in [0.4, 0.5) is 5.13 Å². The van der Waals surface area contributed by atoms with Gasteiger partial charge in [-0.15, -0.1) is 0 Å². The standard InChI is InChI=1S/C17H21N5O2S/c1-21-9-6-19-15(24)17(21)4-7-22(8-5-17)14(23)11-2-3-13-12(10-11)20-16(18)25-13/h2-3,10H,4-9H2,1H3,(H2,18,20)(H,19,24). The molecule has 0 bridgehead atoms. The van der Waals surface area contributed by atoms with Crippen LogP contribution in [0, 0.1) is 0 Å². The maximum absolute atomic E-state index is 12.8. The first kappa shape index (κ1) is 16.3. The maximum Gasteiger partial charge on any atom is 0.253 e. The van der Waals surface area contributed by atoms with Crippen molar-refractivity contribution in [3.63, 3.8) is 0 Å². The van der Waals surface area contributed by atoms with Crippen LogP contribution >= 0.6 is 11.3 Å². The van der Waals surface area contributed by atoms with Crippen LogP contribution in [-0.2, 0) is 4.79 Å². The van der Waals surface area contributed by atoms with Crippen LogP contribution in [0.3, 0.4) is 0 Å². The van der Waals surface area contributed by atoms with Gasteiger partial charge in [-0.1, -0.05) is 11.3 Å². The molecule has 132 valence electrons. The Bertz CT molecular complexity index is 841. The van der Waals surface area contributed by atoms with Gasteiger partial charge < -0.3 is 16.0 Å². The number of piperazine rings is 1. The van der Waals surface area contributed by atoms with E-state index in [4.69, 9.17) is 5.73 Å². The van der Waals surface area contributed by atoms with Crippen molar-refractivity contribution in [2.75, 3.05) is 39.0 Å². The van der Waals surface area contributed by atoms with Crippen molar-refractivity contribution in [1.29, 1.82) is 0 Å². The Kier molecular flexibility index (Phi) is 3.88. The molecule has 2 aliphatic heterocycles. The number of amides is 2. The molecule has 2 saturated heterocycles. The molecule has 0 saturated carbocycles. The van der Waals surface area contributed by atoms with Crippen molar-refractivity contribution in [2.24, 2.45) is 0 Å². The summed E-state index contributed by atoms with van der Waals surface area (Å²) in [6, 6.07) is 5.52. The number of aromatic nitrogens is 1. The second-order valence-electron chi connectivity index (χ2n) is 6.74. The third-order valence-corrected chi connectivity index (χ3v) is 6.28. The minimum absolute atomic E-state index is 0.0119. The molecule has 0 radical (unpaired) electrons. The number of nitrogens with two attached hydrogens (primary N) is 1. The van der Waals surface area contributed by atoms with Crippen LogP contribution in [0.25, 0.3) is 10.2 Å². The largest absolute Gasteiger partial charge is 0.375 e. The lowest BCUT2D eigenvalue weighted by atomic mass is 9.83. The minimum Gasteiger partial charge on any atom is -0.375 e. The van der Waals surface area contributed by atoms with Gasteiger partial charge in [-0.2, -0.15) is 0 Å². The molecular weight excluding hydrogens is 338 g/mol. The van der Waals surface area contributed by atoms with Gasteiger partial charge in [-0.05, 0) is 38.1 Å². The molecule has 0 atom stereocenters. The summed E-state index contributed by atoms with van der Waals surface area (Å²) in [5.74, 6) is 0.0786. The number of piperidine rings is 1. The van der Waals surface area contributed by atoms with Gasteiger partial charge in [-0.25, -0.2) is 4.98 Å². The van der Waals surface area contributed by atoms with Crippen LogP contribution in [0.2, 0.25) is 0 Å². The molecule has 0 unspecified atom stereocenters. The molecule has 0 aliphatic carbocycles. The molecule has 2 fully saturated rings. The molecule has 2 aliphatic rings. The van der Waals surface area contributed by atoms with Crippen molar-refractivity contribution < 1.29 is 9.59 Å². The highest BCUT2D eigenvalue weighted by Crippen LogP contribution is 2.31. The summed E-state index contributed by atoms with van der Waals surface area (Å²) in [6.45, 7) is 2.69.